The third kappa shape index (κ3) is 3.29. The van der Waals surface area contributed by atoms with Crippen molar-refractivity contribution in [1.82, 2.24) is 10.2 Å². The highest BCUT2D eigenvalue weighted by molar-refractivity contribution is 5.98. The molecule has 0 unspecified atom stereocenters. The second-order valence-electron chi connectivity index (χ2n) is 5.11. The van der Waals surface area contributed by atoms with Gasteiger partial charge >= 0.3 is 0 Å². The largest absolute Gasteiger partial charge is 0.493 e. The number of piperidine rings is 1. The van der Waals surface area contributed by atoms with E-state index in [4.69, 9.17) is 9.47 Å². The number of ether oxygens (including phenoxy) is 2. The number of rotatable bonds is 5. The van der Waals surface area contributed by atoms with Gasteiger partial charge in [-0.15, -0.1) is 0 Å². The van der Waals surface area contributed by atoms with Crippen molar-refractivity contribution in [1.29, 1.82) is 0 Å². The van der Waals surface area contributed by atoms with Gasteiger partial charge < -0.3 is 19.7 Å². The summed E-state index contributed by atoms with van der Waals surface area (Å²) in [6.45, 7) is 4.64. The fraction of sp³-hybridized carbons (Fsp3) is 0.562. The van der Waals surface area contributed by atoms with E-state index in [9.17, 15) is 4.79 Å². The molecule has 0 radical (unpaired) electrons. The maximum Gasteiger partial charge on any atom is 0.258 e. The Morgan fingerprint density at radius 3 is 2.57 bits per heavy atom. The Hall–Kier alpha value is -1.75. The molecule has 0 atom stereocenters. The van der Waals surface area contributed by atoms with Crippen LogP contribution in [0.3, 0.4) is 0 Å². The highest BCUT2D eigenvalue weighted by atomic mass is 16.5. The van der Waals surface area contributed by atoms with Gasteiger partial charge in [0.2, 0.25) is 0 Å². The summed E-state index contributed by atoms with van der Waals surface area (Å²) in [5, 5.41) is 3.33. The zero-order valence-electron chi connectivity index (χ0n) is 13.0. The molecule has 5 heteroatoms. The van der Waals surface area contributed by atoms with Gasteiger partial charge in [-0.1, -0.05) is 6.07 Å². The molecule has 5 nitrogen and oxygen atoms in total. The van der Waals surface area contributed by atoms with Gasteiger partial charge in [0, 0.05) is 12.6 Å². The van der Waals surface area contributed by atoms with Crippen molar-refractivity contribution >= 4 is 5.91 Å². The van der Waals surface area contributed by atoms with Gasteiger partial charge in [0.1, 0.15) is 0 Å². The monoisotopic (exact) mass is 292 g/mol. The lowest BCUT2D eigenvalue weighted by molar-refractivity contribution is 0.0652. The number of carbonyl (C=O) groups is 1. The molecular formula is C16H24N2O3. The minimum Gasteiger partial charge on any atom is -0.493 e. The Balaban J connectivity index is 2.28. The van der Waals surface area contributed by atoms with Crippen LogP contribution in [-0.4, -0.2) is 50.7 Å². The molecule has 0 aromatic heterocycles. The van der Waals surface area contributed by atoms with Crippen LogP contribution in [0.1, 0.15) is 30.1 Å². The lowest BCUT2D eigenvalue weighted by Gasteiger charge is -2.34. The summed E-state index contributed by atoms with van der Waals surface area (Å²) < 4.78 is 10.7. The first-order chi connectivity index (χ1) is 10.2. The molecule has 0 aliphatic carbocycles. The topological polar surface area (TPSA) is 50.8 Å². The van der Waals surface area contributed by atoms with Gasteiger partial charge in [0.25, 0.3) is 5.91 Å². The molecule has 1 aliphatic rings. The van der Waals surface area contributed by atoms with E-state index in [-0.39, 0.29) is 5.91 Å². The zero-order chi connectivity index (χ0) is 15.2. The first kappa shape index (κ1) is 15.6. The van der Waals surface area contributed by atoms with Crippen LogP contribution in [0.15, 0.2) is 18.2 Å². The summed E-state index contributed by atoms with van der Waals surface area (Å²) in [7, 11) is 3.14. The SMILES string of the molecule is CCN(C(=O)c1cccc(OC)c1OC)C1CCNCC1. The van der Waals surface area contributed by atoms with Gasteiger partial charge in [-0.25, -0.2) is 0 Å². The van der Waals surface area contributed by atoms with Gasteiger partial charge in [0.15, 0.2) is 11.5 Å². The van der Waals surface area contributed by atoms with E-state index in [1.807, 2.05) is 17.9 Å². The number of methoxy groups -OCH3 is 2. The third-order valence-electron chi connectivity index (χ3n) is 3.98. The van der Waals surface area contributed by atoms with E-state index in [0.717, 1.165) is 25.9 Å². The van der Waals surface area contributed by atoms with Crippen LogP contribution in [0.25, 0.3) is 0 Å². The van der Waals surface area contributed by atoms with Crippen molar-refractivity contribution in [2.45, 2.75) is 25.8 Å². The average molecular weight is 292 g/mol. The lowest BCUT2D eigenvalue weighted by Crippen LogP contribution is -2.46. The molecule has 2 rings (SSSR count). The summed E-state index contributed by atoms with van der Waals surface area (Å²) >= 11 is 0. The fourth-order valence-corrected chi connectivity index (χ4v) is 2.90. The number of benzene rings is 1. The van der Waals surface area contributed by atoms with E-state index >= 15 is 0 Å². The maximum atomic E-state index is 12.9. The first-order valence-corrected chi connectivity index (χ1v) is 7.45. The zero-order valence-corrected chi connectivity index (χ0v) is 13.0. The molecule has 1 N–H and O–H groups in total. The molecule has 1 amide bonds. The van der Waals surface area contributed by atoms with Gasteiger partial charge in [-0.2, -0.15) is 0 Å². The molecular weight excluding hydrogens is 268 g/mol. The lowest BCUT2D eigenvalue weighted by atomic mass is 10.0. The molecule has 21 heavy (non-hydrogen) atoms. The van der Waals surface area contributed by atoms with Crippen molar-refractivity contribution in [3.63, 3.8) is 0 Å². The Labute approximate surface area is 126 Å². The maximum absolute atomic E-state index is 12.9. The quantitative estimate of drug-likeness (QED) is 0.901. The van der Waals surface area contributed by atoms with Crippen LogP contribution in [0.2, 0.25) is 0 Å². The molecule has 1 aromatic carbocycles. The summed E-state index contributed by atoms with van der Waals surface area (Å²) in [6.07, 6.45) is 1.98. The number of hydrogen-bond donors (Lipinski definition) is 1. The van der Waals surface area contributed by atoms with Crippen molar-refractivity contribution in [2.24, 2.45) is 0 Å². The predicted molar refractivity (Wildman–Crippen MR) is 82.1 cm³/mol. The van der Waals surface area contributed by atoms with Crippen molar-refractivity contribution in [3.05, 3.63) is 23.8 Å². The second-order valence-corrected chi connectivity index (χ2v) is 5.11. The van der Waals surface area contributed by atoms with Crippen LogP contribution < -0.4 is 14.8 Å². The molecule has 1 saturated heterocycles. The van der Waals surface area contributed by atoms with E-state index < -0.39 is 0 Å². The molecule has 0 bridgehead atoms. The molecule has 116 valence electrons. The molecule has 1 heterocycles. The number of hydrogen-bond acceptors (Lipinski definition) is 4. The Morgan fingerprint density at radius 1 is 1.29 bits per heavy atom. The third-order valence-corrected chi connectivity index (χ3v) is 3.98. The second kappa shape index (κ2) is 7.31. The molecule has 1 aromatic rings. The standard InChI is InChI=1S/C16H24N2O3/c1-4-18(12-8-10-17-11-9-12)16(19)13-6-5-7-14(20-2)15(13)21-3/h5-7,12,17H,4,8-11H2,1-3H3. The molecule has 1 fully saturated rings. The van der Waals surface area contributed by atoms with Crippen LogP contribution in [0.4, 0.5) is 0 Å². The minimum absolute atomic E-state index is 0.0140. The summed E-state index contributed by atoms with van der Waals surface area (Å²) in [5.74, 6) is 1.11. The Morgan fingerprint density at radius 2 is 2.00 bits per heavy atom. The average Bonchev–Trinajstić information content (AvgIpc) is 2.55. The van der Waals surface area contributed by atoms with E-state index in [1.165, 1.54) is 0 Å². The number of amides is 1. The van der Waals surface area contributed by atoms with Crippen molar-refractivity contribution in [2.75, 3.05) is 33.9 Å². The van der Waals surface area contributed by atoms with Gasteiger partial charge in [-0.05, 0) is 45.0 Å². The van der Waals surface area contributed by atoms with E-state index in [1.54, 1.807) is 26.4 Å². The number of nitrogens with one attached hydrogen (secondary N) is 1. The fourth-order valence-electron chi connectivity index (χ4n) is 2.90. The normalized spacial score (nSPS) is 15.6. The highest BCUT2D eigenvalue weighted by Crippen LogP contribution is 2.32. The smallest absolute Gasteiger partial charge is 0.258 e. The molecule has 0 spiro atoms. The highest BCUT2D eigenvalue weighted by Gasteiger charge is 2.27. The van der Waals surface area contributed by atoms with Crippen molar-refractivity contribution in [3.8, 4) is 11.5 Å². The van der Waals surface area contributed by atoms with Crippen LogP contribution in [0, 0.1) is 0 Å². The molecule has 1 aliphatic heterocycles. The Kier molecular flexibility index (Phi) is 5.44. The van der Waals surface area contributed by atoms with E-state index in [2.05, 4.69) is 5.32 Å². The summed E-state index contributed by atoms with van der Waals surface area (Å²) in [4.78, 5) is 14.8. The first-order valence-electron chi connectivity index (χ1n) is 7.45. The number of para-hydroxylation sites is 1. The van der Waals surface area contributed by atoms with Crippen LogP contribution in [-0.2, 0) is 0 Å². The predicted octanol–water partition coefficient (Wildman–Crippen LogP) is 1.92. The van der Waals surface area contributed by atoms with Gasteiger partial charge in [0.05, 0.1) is 19.8 Å². The van der Waals surface area contributed by atoms with Gasteiger partial charge in [-0.3, -0.25) is 4.79 Å². The summed E-state index contributed by atoms with van der Waals surface area (Å²) in [6, 6.07) is 5.72. The minimum atomic E-state index is 0.0140. The van der Waals surface area contributed by atoms with Crippen LogP contribution >= 0.6 is 0 Å². The van der Waals surface area contributed by atoms with E-state index in [0.29, 0.717) is 29.6 Å². The molecule has 0 saturated carbocycles. The Bertz CT molecular complexity index is 484. The summed E-state index contributed by atoms with van der Waals surface area (Å²) in [5.41, 5.74) is 0.567. The number of carbonyl (C=O) groups excluding carboxylic acids is 1. The van der Waals surface area contributed by atoms with Crippen LogP contribution in [0.5, 0.6) is 11.5 Å². The van der Waals surface area contributed by atoms with Crippen molar-refractivity contribution < 1.29 is 14.3 Å². The number of nitrogens with zero attached hydrogens (tertiary/aromatic N) is 1.